The largest absolute Gasteiger partial charge is 0.462 e. The molecule has 1 heterocycles. The van der Waals surface area contributed by atoms with Gasteiger partial charge in [-0.3, -0.25) is 0 Å². The second-order valence-corrected chi connectivity index (χ2v) is 5.26. The fraction of sp³-hybridized carbons (Fsp3) is 0.294. The van der Waals surface area contributed by atoms with Crippen molar-refractivity contribution in [2.45, 2.75) is 19.3 Å². The summed E-state index contributed by atoms with van der Waals surface area (Å²) in [5, 5.41) is 4.21. The maximum Gasteiger partial charge on any atom is 0.341 e. The number of rotatable bonds is 4. The summed E-state index contributed by atoms with van der Waals surface area (Å²) in [5.74, 6) is 0.148. The maximum absolute atomic E-state index is 12.0. The SMILES string of the molecule is O=C(OCC1CC=CCC1)c1cnn(-c2ccccc2)c1. The van der Waals surface area contributed by atoms with Gasteiger partial charge in [0.25, 0.3) is 0 Å². The standard InChI is InChI=1S/C17H18N2O2/c20-17(21-13-14-7-3-1-4-8-14)15-11-18-19(12-15)16-9-5-2-6-10-16/h1-3,5-6,9-12,14H,4,7-8,13H2. The fourth-order valence-electron chi connectivity index (χ4n) is 2.43. The molecule has 0 bridgehead atoms. The zero-order valence-electron chi connectivity index (χ0n) is 11.8. The van der Waals surface area contributed by atoms with Crippen LogP contribution in [0.15, 0.2) is 54.9 Å². The van der Waals surface area contributed by atoms with Crippen molar-refractivity contribution < 1.29 is 9.53 Å². The second-order valence-electron chi connectivity index (χ2n) is 5.26. The van der Waals surface area contributed by atoms with Crippen molar-refractivity contribution in [3.63, 3.8) is 0 Å². The van der Waals surface area contributed by atoms with Gasteiger partial charge in [-0.25, -0.2) is 9.48 Å². The Morgan fingerprint density at radius 3 is 2.90 bits per heavy atom. The van der Waals surface area contributed by atoms with Crippen LogP contribution >= 0.6 is 0 Å². The predicted octanol–water partition coefficient (Wildman–Crippen LogP) is 3.39. The molecule has 1 aliphatic carbocycles. The molecule has 1 atom stereocenters. The molecular formula is C17H18N2O2. The lowest BCUT2D eigenvalue weighted by molar-refractivity contribution is 0.0432. The monoisotopic (exact) mass is 282 g/mol. The summed E-state index contributed by atoms with van der Waals surface area (Å²) in [6.07, 6.45) is 10.8. The van der Waals surface area contributed by atoms with Gasteiger partial charge in [0.05, 0.1) is 24.1 Å². The minimum atomic E-state index is -0.299. The normalized spacial score (nSPS) is 17.6. The second kappa shape index (κ2) is 6.39. The molecule has 21 heavy (non-hydrogen) atoms. The Kier molecular flexibility index (Phi) is 4.15. The molecule has 1 aromatic heterocycles. The highest BCUT2D eigenvalue weighted by Gasteiger charge is 2.15. The molecule has 0 spiro atoms. The van der Waals surface area contributed by atoms with Crippen LogP contribution in [0.1, 0.15) is 29.6 Å². The number of esters is 1. The summed E-state index contributed by atoms with van der Waals surface area (Å²) in [5.41, 5.74) is 1.42. The van der Waals surface area contributed by atoms with E-state index in [-0.39, 0.29) is 5.97 Å². The van der Waals surface area contributed by atoms with E-state index in [2.05, 4.69) is 17.3 Å². The van der Waals surface area contributed by atoms with E-state index in [1.54, 1.807) is 17.1 Å². The molecular weight excluding hydrogens is 264 g/mol. The Labute approximate surface area is 124 Å². The molecule has 1 aromatic carbocycles. The van der Waals surface area contributed by atoms with E-state index in [0.29, 0.717) is 18.1 Å². The lowest BCUT2D eigenvalue weighted by atomic mass is 9.95. The summed E-state index contributed by atoms with van der Waals surface area (Å²) in [4.78, 5) is 12.0. The molecule has 0 radical (unpaired) electrons. The van der Waals surface area contributed by atoms with Crippen molar-refractivity contribution >= 4 is 5.97 Å². The highest BCUT2D eigenvalue weighted by molar-refractivity contribution is 5.88. The number of aromatic nitrogens is 2. The number of allylic oxidation sites excluding steroid dienone is 2. The Balaban J connectivity index is 1.60. The highest BCUT2D eigenvalue weighted by Crippen LogP contribution is 2.19. The quantitative estimate of drug-likeness (QED) is 0.638. The van der Waals surface area contributed by atoms with Crippen LogP contribution in [-0.4, -0.2) is 22.4 Å². The molecule has 3 rings (SSSR count). The van der Waals surface area contributed by atoms with Crippen LogP contribution in [-0.2, 0) is 4.74 Å². The minimum absolute atomic E-state index is 0.299. The maximum atomic E-state index is 12.0. The first-order chi connectivity index (χ1) is 10.3. The zero-order chi connectivity index (χ0) is 14.5. The molecule has 1 aliphatic rings. The van der Waals surface area contributed by atoms with Gasteiger partial charge < -0.3 is 4.74 Å². The zero-order valence-corrected chi connectivity index (χ0v) is 11.8. The summed E-state index contributed by atoms with van der Waals surface area (Å²) in [6.45, 7) is 0.486. The van der Waals surface area contributed by atoms with Crippen LogP contribution in [0.25, 0.3) is 5.69 Å². The number of benzene rings is 1. The lowest BCUT2D eigenvalue weighted by Crippen LogP contribution is -2.15. The van der Waals surface area contributed by atoms with Crippen LogP contribution < -0.4 is 0 Å². The average molecular weight is 282 g/mol. The van der Waals surface area contributed by atoms with E-state index >= 15 is 0 Å². The topological polar surface area (TPSA) is 44.1 Å². The summed E-state index contributed by atoms with van der Waals surface area (Å²) < 4.78 is 7.07. The third-order valence-electron chi connectivity index (χ3n) is 3.67. The fourth-order valence-corrected chi connectivity index (χ4v) is 2.43. The molecule has 0 fully saturated rings. The smallest absolute Gasteiger partial charge is 0.341 e. The molecule has 4 nitrogen and oxygen atoms in total. The molecule has 1 unspecified atom stereocenters. The van der Waals surface area contributed by atoms with Gasteiger partial charge in [0.15, 0.2) is 0 Å². The summed E-state index contributed by atoms with van der Waals surface area (Å²) in [7, 11) is 0. The predicted molar refractivity (Wildman–Crippen MR) is 80.3 cm³/mol. The van der Waals surface area contributed by atoms with E-state index < -0.39 is 0 Å². The first-order valence-corrected chi connectivity index (χ1v) is 7.25. The number of hydrogen-bond acceptors (Lipinski definition) is 3. The van der Waals surface area contributed by atoms with Crippen molar-refractivity contribution in [2.75, 3.05) is 6.61 Å². The van der Waals surface area contributed by atoms with Crippen LogP contribution in [0.2, 0.25) is 0 Å². The Hall–Kier alpha value is -2.36. The van der Waals surface area contributed by atoms with Gasteiger partial charge in [-0.05, 0) is 37.3 Å². The van der Waals surface area contributed by atoms with Gasteiger partial charge in [-0.15, -0.1) is 0 Å². The first-order valence-electron chi connectivity index (χ1n) is 7.25. The third-order valence-corrected chi connectivity index (χ3v) is 3.67. The van der Waals surface area contributed by atoms with Crippen molar-refractivity contribution in [1.82, 2.24) is 9.78 Å². The Morgan fingerprint density at radius 1 is 1.29 bits per heavy atom. The molecule has 0 saturated carbocycles. The van der Waals surface area contributed by atoms with Crippen molar-refractivity contribution in [1.29, 1.82) is 0 Å². The van der Waals surface area contributed by atoms with Crippen molar-refractivity contribution in [2.24, 2.45) is 5.92 Å². The van der Waals surface area contributed by atoms with Crippen LogP contribution in [0.3, 0.4) is 0 Å². The van der Waals surface area contributed by atoms with Gasteiger partial charge in [-0.1, -0.05) is 30.4 Å². The number of hydrogen-bond donors (Lipinski definition) is 0. The van der Waals surface area contributed by atoms with E-state index in [0.717, 1.165) is 24.9 Å². The lowest BCUT2D eigenvalue weighted by Gasteiger charge is -2.16. The molecule has 4 heteroatoms. The summed E-state index contributed by atoms with van der Waals surface area (Å²) >= 11 is 0. The van der Waals surface area contributed by atoms with E-state index in [1.807, 2.05) is 30.3 Å². The first kappa shape index (κ1) is 13.6. The van der Waals surface area contributed by atoms with Crippen LogP contribution in [0, 0.1) is 5.92 Å². The Morgan fingerprint density at radius 2 is 2.14 bits per heavy atom. The van der Waals surface area contributed by atoms with Gasteiger partial charge in [0.2, 0.25) is 0 Å². The van der Waals surface area contributed by atoms with E-state index in [4.69, 9.17) is 4.74 Å². The minimum Gasteiger partial charge on any atom is -0.462 e. The average Bonchev–Trinajstić information content (AvgIpc) is 3.04. The molecule has 108 valence electrons. The van der Waals surface area contributed by atoms with Crippen LogP contribution in [0.4, 0.5) is 0 Å². The number of para-hydroxylation sites is 1. The van der Waals surface area contributed by atoms with Gasteiger partial charge in [0, 0.05) is 6.20 Å². The number of carbonyl (C=O) groups excluding carboxylic acids is 1. The van der Waals surface area contributed by atoms with E-state index in [9.17, 15) is 4.79 Å². The van der Waals surface area contributed by atoms with Gasteiger partial charge in [-0.2, -0.15) is 5.10 Å². The Bertz CT molecular complexity index is 631. The number of carbonyl (C=O) groups is 1. The molecule has 0 amide bonds. The van der Waals surface area contributed by atoms with E-state index in [1.165, 1.54) is 0 Å². The molecule has 2 aromatic rings. The third kappa shape index (κ3) is 3.40. The molecule has 0 N–H and O–H groups in total. The highest BCUT2D eigenvalue weighted by atomic mass is 16.5. The van der Waals surface area contributed by atoms with Crippen LogP contribution in [0.5, 0.6) is 0 Å². The number of nitrogens with zero attached hydrogens (tertiary/aromatic N) is 2. The molecule has 0 saturated heterocycles. The summed E-state index contributed by atoms with van der Waals surface area (Å²) in [6, 6.07) is 9.70. The van der Waals surface area contributed by atoms with Gasteiger partial charge in [0.1, 0.15) is 0 Å². The van der Waals surface area contributed by atoms with Crippen molar-refractivity contribution in [3.8, 4) is 5.69 Å². The molecule has 0 aliphatic heterocycles. The van der Waals surface area contributed by atoms with Gasteiger partial charge >= 0.3 is 5.97 Å². The van der Waals surface area contributed by atoms with Crippen molar-refractivity contribution in [3.05, 3.63) is 60.4 Å². The number of ether oxygens (including phenoxy) is 1.